The Morgan fingerprint density at radius 2 is 2.40 bits per heavy atom. The van der Waals surface area contributed by atoms with E-state index in [2.05, 4.69) is 38.7 Å². The van der Waals surface area contributed by atoms with Crippen molar-refractivity contribution in [2.45, 2.75) is 5.25 Å². The van der Waals surface area contributed by atoms with E-state index in [1.807, 2.05) is 22.2 Å². The van der Waals surface area contributed by atoms with E-state index in [4.69, 9.17) is 10.8 Å². The van der Waals surface area contributed by atoms with Crippen molar-refractivity contribution >= 4 is 65.0 Å². The number of anilines is 1. The van der Waals surface area contributed by atoms with E-state index >= 15 is 0 Å². The minimum absolute atomic E-state index is 0.314. The van der Waals surface area contributed by atoms with Crippen molar-refractivity contribution < 1.29 is 5.11 Å². The Kier molecular flexibility index (Phi) is 4.59. The molecule has 0 radical (unpaired) electrons. The molecule has 1 aliphatic rings. The molecule has 0 amide bonds. The normalized spacial score (nSPS) is 25.7. The number of benzene rings is 1. The van der Waals surface area contributed by atoms with Crippen LogP contribution in [0.2, 0.25) is 0 Å². The monoisotopic (exact) mass is 415 g/mol. The van der Waals surface area contributed by atoms with Crippen LogP contribution in [0.25, 0.3) is 0 Å². The summed E-state index contributed by atoms with van der Waals surface area (Å²) >= 11 is 1.33. The van der Waals surface area contributed by atoms with E-state index < -0.39 is 12.3 Å². The zero-order chi connectivity index (χ0) is 10.8. The van der Waals surface area contributed by atoms with Gasteiger partial charge in [-0.3, -0.25) is 0 Å². The van der Waals surface area contributed by atoms with E-state index in [-0.39, 0.29) is 0 Å². The average Bonchev–Trinajstić information content (AvgIpc) is 2.66. The molecule has 0 bridgehead atoms. The van der Waals surface area contributed by atoms with Gasteiger partial charge in [-0.05, 0) is 0 Å². The SMILES string of the molecule is Nc1ccc([As]2SCC(CO)S2)c(I)c1. The van der Waals surface area contributed by atoms with Gasteiger partial charge in [0, 0.05) is 0 Å². The van der Waals surface area contributed by atoms with Crippen molar-refractivity contribution in [3.63, 3.8) is 0 Å². The molecule has 6 heteroatoms. The van der Waals surface area contributed by atoms with Crippen LogP contribution < -0.4 is 10.1 Å². The van der Waals surface area contributed by atoms with Gasteiger partial charge in [0.25, 0.3) is 0 Å². The Labute approximate surface area is 114 Å². The molecule has 82 valence electrons. The fourth-order valence-corrected chi connectivity index (χ4v) is 20.5. The third-order valence-electron chi connectivity index (χ3n) is 1.99. The number of nitrogen functional groups attached to an aromatic ring is 1. The molecule has 1 fully saturated rings. The Bertz CT molecular complexity index is 366. The predicted octanol–water partition coefficient (Wildman–Crippen LogP) is 1.41. The van der Waals surface area contributed by atoms with Gasteiger partial charge in [0.15, 0.2) is 0 Å². The van der Waals surface area contributed by atoms with Gasteiger partial charge in [0.2, 0.25) is 0 Å². The topological polar surface area (TPSA) is 46.2 Å². The molecule has 15 heavy (non-hydrogen) atoms. The first-order valence-electron chi connectivity index (χ1n) is 4.46. The fraction of sp³-hybridized carbons (Fsp3) is 0.333. The van der Waals surface area contributed by atoms with Gasteiger partial charge in [0.1, 0.15) is 0 Å². The van der Waals surface area contributed by atoms with Crippen LogP contribution in [0.1, 0.15) is 0 Å². The first-order chi connectivity index (χ1) is 7.20. The van der Waals surface area contributed by atoms with Gasteiger partial charge in [0.05, 0.1) is 0 Å². The second-order valence-corrected chi connectivity index (χ2v) is 15.8. The minimum atomic E-state index is -1.04. The van der Waals surface area contributed by atoms with E-state index in [0.29, 0.717) is 11.9 Å². The third-order valence-corrected chi connectivity index (χ3v) is 17.8. The molecule has 0 aromatic heterocycles. The molecule has 0 saturated carbocycles. The molecule has 0 aliphatic carbocycles. The zero-order valence-electron chi connectivity index (χ0n) is 7.89. The van der Waals surface area contributed by atoms with Crippen molar-refractivity contribution in [2.24, 2.45) is 0 Å². The maximum absolute atomic E-state index is 9.11. The standard InChI is InChI=1S/C9H11AsINOS2/c11-9-3-6(12)1-2-8(9)10-14-5-7(4-13)15-10/h1-3,7,13H,4-5,12H2. The summed E-state index contributed by atoms with van der Waals surface area (Å²) < 4.78 is 2.76. The molecule has 2 rings (SSSR count). The molecule has 1 heterocycles. The number of hydrogen-bond acceptors (Lipinski definition) is 4. The molecule has 1 aromatic rings. The molecule has 2 nitrogen and oxygen atoms in total. The van der Waals surface area contributed by atoms with Crippen LogP contribution in [0, 0.1) is 3.57 Å². The molecule has 1 aromatic carbocycles. The summed E-state index contributed by atoms with van der Waals surface area (Å²) in [6.07, 6.45) is 0. The summed E-state index contributed by atoms with van der Waals surface area (Å²) in [5, 5.41) is 9.56. The van der Waals surface area contributed by atoms with E-state index in [0.717, 1.165) is 11.4 Å². The van der Waals surface area contributed by atoms with Crippen LogP contribution in [-0.2, 0) is 0 Å². The summed E-state index contributed by atoms with van der Waals surface area (Å²) in [5.74, 6) is 1.10. The first-order valence-corrected chi connectivity index (χ1v) is 12.9. The van der Waals surface area contributed by atoms with Crippen molar-refractivity contribution in [3.05, 3.63) is 21.8 Å². The molecular formula is C9H11AsINOS2. The average molecular weight is 415 g/mol. The van der Waals surface area contributed by atoms with Crippen molar-refractivity contribution in [1.82, 2.24) is 0 Å². The van der Waals surface area contributed by atoms with E-state index in [9.17, 15) is 0 Å². The Balaban J connectivity index is 2.17. The quantitative estimate of drug-likeness (QED) is 0.436. The van der Waals surface area contributed by atoms with Gasteiger partial charge in [-0.1, -0.05) is 0 Å². The zero-order valence-corrected chi connectivity index (χ0v) is 13.6. The van der Waals surface area contributed by atoms with Crippen LogP contribution in [0.5, 0.6) is 0 Å². The third kappa shape index (κ3) is 3.00. The Morgan fingerprint density at radius 3 is 3.00 bits per heavy atom. The number of halogens is 1. The van der Waals surface area contributed by atoms with Crippen molar-refractivity contribution in [1.29, 1.82) is 0 Å². The number of aliphatic hydroxyl groups is 1. The fourth-order valence-electron chi connectivity index (χ4n) is 1.23. The molecule has 1 saturated heterocycles. The summed E-state index contributed by atoms with van der Waals surface area (Å²) in [4.78, 5) is 0. The summed E-state index contributed by atoms with van der Waals surface area (Å²) in [7, 11) is 4.05. The van der Waals surface area contributed by atoms with E-state index in [1.165, 1.54) is 7.92 Å². The molecular weight excluding hydrogens is 404 g/mol. The summed E-state index contributed by atoms with van der Waals surface area (Å²) in [6, 6.07) is 6.19. The second-order valence-electron chi connectivity index (χ2n) is 3.17. The molecule has 2 atom stereocenters. The maximum atomic E-state index is 9.11. The van der Waals surface area contributed by atoms with Crippen molar-refractivity contribution in [3.8, 4) is 0 Å². The summed E-state index contributed by atoms with van der Waals surface area (Å²) in [5.41, 5.74) is 6.58. The van der Waals surface area contributed by atoms with Gasteiger partial charge in [-0.15, -0.1) is 0 Å². The van der Waals surface area contributed by atoms with Gasteiger partial charge < -0.3 is 0 Å². The van der Waals surface area contributed by atoms with Crippen molar-refractivity contribution in [2.75, 3.05) is 18.1 Å². The molecule has 0 spiro atoms. The molecule has 3 N–H and O–H groups in total. The molecule has 2 unspecified atom stereocenters. The van der Waals surface area contributed by atoms with Gasteiger partial charge in [-0.2, -0.15) is 0 Å². The van der Waals surface area contributed by atoms with Crippen LogP contribution >= 0.6 is 42.6 Å². The first kappa shape index (κ1) is 12.4. The van der Waals surface area contributed by atoms with Crippen LogP contribution in [-0.4, -0.2) is 35.1 Å². The number of nitrogens with two attached hydrogens (primary N) is 1. The van der Waals surface area contributed by atoms with Crippen LogP contribution in [0.15, 0.2) is 18.2 Å². The Hall–Kier alpha value is 0.968. The second kappa shape index (κ2) is 5.54. The van der Waals surface area contributed by atoms with Crippen LogP contribution in [0.3, 0.4) is 0 Å². The Morgan fingerprint density at radius 1 is 1.60 bits per heavy atom. The molecule has 1 aliphatic heterocycles. The number of rotatable bonds is 2. The predicted molar refractivity (Wildman–Crippen MR) is 79.9 cm³/mol. The van der Waals surface area contributed by atoms with Crippen LogP contribution in [0.4, 0.5) is 5.69 Å². The summed E-state index contributed by atoms with van der Waals surface area (Å²) in [6.45, 7) is 0.314. The number of aliphatic hydroxyl groups excluding tert-OH is 1. The van der Waals surface area contributed by atoms with Gasteiger partial charge in [-0.25, -0.2) is 0 Å². The number of hydrogen-bond donors (Lipinski definition) is 2. The van der Waals surface area contributed by atoms with E-state index in [1.54, 1.807) is 0 Å². The van der Waals surface area contributed by atoms with Gasteiger partial charge >= 0.3 is 115 Å².